The average Bonchev–Trinajstić information content (AvgIpc) is 2.52. The van der Waals surface area contributed by atoms with Gasteiger partial charge in [-0.3, -0.25) is 4.98 Å². The summed E-state index contributed by atoms with van der Waals surface area (Å²) < 4.78 is 0. The van der Waals surface area contributed by atoms with Crippen LogP contribution in [0.2, 0.25) is 0 Å². The quantitative estimate of drug-likeness (QED) is 0.875. The molecule has 3 heteroatoms. The molecule has 1 N–H and O–H groups in total. The molecular formula is C18H24N2O. The molecule has 1 atom stereocenters. The molecule has 0 bridgehead atoms. The third kappa shape index (κ3) is 4.05. The molecule has 0 aliphatic carbocycles. The molecule has 112 valence electrons. The average molecular weight is 284 g/mol. The van der Waals surface area contributed by atoms with Crippen molar-refractivity contribution in [1.29, 1.82) is 0 Å². The van der Waals surface area contributed by atoms with Gasteiger partial charge < -0.3 is 10.0 Å². The van der Waals surface area contributed by atoms with Gasteiger partial charge in [-0.15, -0.1) is 0 Å². The molecule has 0 spiro atoms. The molecule has 3 nitrogen and oxygen atoms in total. The lowest BCUT2D eigenvalue weighted by Gasteiger charge is -2.23. The van der Waals surface area contributed by atoms with Crippen molar-refractivity contribution in [2.75, 3.05) is 11.4 Å². The van der Waals surface area contributed by atoms with E-state index in [-0.39, 0.29) is 6.10 Å². The molecule has 21 heavy (non-hydrogen) atoms. The van der Waals surface area contributed by atoms with Crippen molar-refractivity contribution in [2.24, 2.45) is 0 Å². The molecule has 1 aromatic carbocycles. The van der Waals surface area contributed by atoms with Gasteiger partial charge in [-0.25, -0.2) is 0 Å². The first-order chi connectivity index (χ1) is 10.1. The van der Waals surface area contributed by atoms with Gasteiger partial charge in [0.2, 0.25) is 0 Å². The van der Waals surface area contributed by atoms with Gasteiger partial charge in [0.1, 0.15) is 0 Å². The predicted octanol–water partition coefficient (Wildman–Crippen LogP) is 3.86. The Morgan fingerprint density at radius 3 is 2.38 bits per heavy atom. The van der Waals surface area contributed by atoms with Crippen molar-refractivity contribution in [3.8, 4) is 0 Å². The Hall–Kier alpha value is -1.87. The smallest absolute Gasteiger partial charge is 0.0787 e. The molecule has 0 saturated carbocycles. The van der Waals surface area contributed by atoms with Gasteiger partial charge in [-0.1, -0.05) is 25.1 Å². The zero-order valence-electron chi connectivity index (χ0n) is 13.1. The molecule has 2 rings (SSSR count). The highest BCUT2D eigenvalue weighted by atomic mass is 16.3. The Morgan fingerprint density at radius 2 is 1.81 bits per heavy atom. The maximum atomic E-state index is 9.86. The van der Waals surface area contributed by atoms with E-state index in [1.54, 1.807) is 0 Å². The summed E-state index contributed by atoms with van der Waals surface area (Å²) in [4.78, 5) is 6.85. The van der Waals surface area contributed by atoms with Crippen LogP contribution in [0.1, 0.15) is 43.3 Å². The highest BCUT2D eigenvalue weighted by molar-refractivity contribution is 5.48. The van der Waals surface area contributed by atoms with Crippen LogP contribution in [0.25, 0.3) is 0 Å². The highest BCUT2D eigenvalue weighted by Gasteiger charge is 2.09. The number of aromatic nitrogens is 1. The first kappa shape index (κ1) is 15.5. The van der Waals surface area contributed by atoms with Gasteiger partial charge in [-0.2, -0.15) is 0 Å². The molecule has 2 aromatic rings. The van der Waals surface area contributed by atoms with Gasteiger partial charge in [-0.05, 0) is 50.1 Å². The molecule has 0 amide bonds. The molecule has 1 heterocycles. The summed E-state index contributed by atoms with van der Waals surface area (Å²) in [6, 6.07) is 14.3. The van der Waals surface area contributed by atoms with E-state index in [0.29, 0.717) is 0 Å². The van der Waals surface area contributed by atoms with Crippen molar-refractivity contribution in [3.05, 3.63) is 59.4 Å². The van der Waals surface area contributed by atoms with Crippen molar-refractivity contribution in [3.63, 3.8) is 0 Å². The summed E-state index contributed by atoms with van der Waals surface area (Å²) in [6.07, 6.45) is 0.372. The molecule has 0 fully saturated rings. The van der Waals surface area contributed by atoms with E-state index >= 15 is 0 Å². The van der Waals surface area contributed by atoms with Crippen LogP contribution in [0.15, 0.2) is 42.5 Å². The van der Waals surface area contributed by atoms with E-state index in [2.05, 4.69) is 35.0 Å². The van der Waals surface area contributed by atoms with Crippen molar-refractivity contribution < 1.29 is 5.11 Å². The number of aryl methyl sites for hydroxylation is 1. The molecular weight excluding hydrogens is 260 g/mol. The Morgan fingerprint density at radius 1 is 1.10 bits per heavy atom. The Labute approximate surface area is 127 Å². The summed E-state index contributed by atoms with van der Waals surface area (Å²) in [5, 5.41) is 9.86. The summed E-state index contributed by atoms with van der Waals surface area (Å²) in [5.74, 6) is 0. The van der Waals surface area contributed by atoms with Crippen LogP contribution in [0.4, 0.5) is 5.69 Å². The summed E-state index contributed by atoms with van der Waals surface area (Å²) in [7, 11) is 0. The second-order valence-electron chi connectivity index (χ2n) is 5.30. The van der Waals surface area contributed by atoms with E-state index in [1.165, 1.54) is 0 Å². The fourth-order valence-electron chi connectivity index (χ4n) is 2.41. The minimum atomic E-state index is -0.368. The number of benzene rings is 1. The standard InChI is InChI=1S/C18H24N2O/c1-4-18(21)15-9-11-17(12-10-15)20(5-2)13-16-8-6-7-14(3)19-16/h6-12,18,21H,4-5,13H2,1-3H3. The van der Waals surface area contributed by atoms with Gasteiger partial charge >= 0.3 is 0 Å². The van der Waals surface area contributed by atoms with Gasteiger partial charge in [0.15, 0.2) is 0 Å². The summed E-state index contributed by atoms with van der Waals surface area (Å²) >= 11 is 0. The minimum absolute atomic E-state index is 0.368. The molecule has 0 saturated heterocycles. The highest BCUT2D eigenvalue weighted by Crippen LogP contribution is 2.22. The fourth-order valence-corrected chi connectivity index (χ4v) is 2.41. The third-order valence-corrected chi connectivity index (χ3v) is 3.71. The second kappa shape index (κ2) is 7.23. The van der Waals surface area contributed by atoms with Gasteiger partial charge in [0.25, 0.3) is 0 Å². The van der Waals surface area contributed by atoms with Crippen LogP contribution in [0, 0.1) is 6.92 Å². The fraction of sp³-hybridized carbons (Fsp3) is 0.389. The van der Waals surface area contributed by atoms with E-state index in [1.807, 2.05) is 38.1 Å². The maximum Gasteiger partial charge on any atom is 0.0787 e. The van der Waals surface area contributed by atoms with Crippen molar-refractivity contribution >= 4 is 5.69 Å². The van der Waals surface area contributed by atoms with Crippen LogP contribution >= 0.6 is 0 Å². The molecule has 0 aliphatic rings. The van der Waals surface area contributed by atoms with Gasteiger partial charge in [0, 0.05) is 17.9 Å². The molecule has 0 aliphatic heterocycles. The lowest BCUT2D eigenvalue weighted by molar-refractivity contribution is 0.173. The van der Waals surface area contributed by atoms with E-state index in [4.69, 9.17) is 0 Å². The monoisotopic (exact) mass is 284 g/mol. The molecule has 1 aromatic heterocycles. The zero-order valence-corrected chi connectivity index (χ0v) is 13.1. The van der Waals surface area contributed by atoms with Crippen molar-refractivity contribution in [2.45, 2.75) is 39.8 Å². The lowest BCUT2D eigenvalue weighted by atomic mass is 10.1. The van der Waals surface area contributed by atoms with Crippen LogP contribution in [0.5, 0.6) is 0 Å². The van der Waals surface area contributed by atoms with Gasteiger partial charge in [0.05, 0.1) is 18.3 Å². The van der Waals surface area contributed by atoms with Crippen LogP contribution in [-0.2, 0) is 6.54 Å². The molecule has 1 unspecified atom stereocenters. The number of hydrogen-bond acceptors (Lipinski definition) is 3. The number of anilines is 1. The number of nitrogens with zero attached hydrogens (tertiary/aromatic N) is 2. The number of hydrogen-bond donors (Lipinski definition) is 1. The lowest BCUT2D eigenvalue weighted by Crippen LogP contribution is -2.22. The number of rotatable bonds is 6. The summed E-state index contributed by atoms with van der Waals surface area (Å²) in [6.45, 7) is 7.87. The van der Waals surface area contributed by atoms with E-state index < -0.39 is 0 Å². The maximum absolute atomic E-state index is 9.86. The normalized spacial score (nSPS) is 12.2. The van der Waals surface area contributed by atoms with Crippen LogP contribution < -0.4 is 4.90 Å². The van der Waals surface area contributed by atoms with Crippen LogP contribution in [-0.4, -0.2) is 16.6 Å². The third-order valence-electron chi connectivity index (χ3n) is 3.71. The van der Waals surface area contributed by atoms with E-state index in [9.17, 15) is 5.11 Å². The first-order valence-corrected chi connectivity index (χ1v) is 7.59. The zero-order chi connectivity index (χ0) is 15.2. The first-order valence-electron chi connectivity index (χ1n) is 7.59. The largest absolute Gasteiger partial charge is 0.388 e. The number of aliphatic hydroxyl groups excluding tert-OH is 1. The Bertz CT molecular complexity index is 566. The summed E-state index contributed by atoms with van der Waals surface area (Å²) in [5.41, 5.74) is 4.26. The predicted molar refractivity (Wildman–Crippen MR) is 87.4 cm³/mol. The number of aliphatic hydroxyl groups is 1. The van der Waals surface area contributed by atoms with Crippen molar-refractivity contribution in [1.82, 2.24) is 4.98 Å². The second-order valence-corrected chi connectivity index (χ2v) is 5.30. The van der Waals surface area contributed by atoms with Crippen LogP contribution in [0.3, 0.4) is 0 Å². The Kier molecular flexibility index (Phi) is 5.34. The van der Waals surface area contributed by atoms with E-state index in [0.717, 1.165) is 42.1 Å². The number of pyridine rings is 1. The topological polar surface area (TPSA) is 36.4 Å². The Balaban J connectivity index is 2.14. The molecule has 0 radical (unpaired) electrons. The SMILES string of the molecule is CCC(O)c1ccc(N(CC)Cc2cccc(C)n2)cc1. The minimum Gasteiger partial charge on any atom is -0.388 e.